The van der Waals surface area contributed by atoms with E-state index in [9.17, 15) is 4.79 Å². The summed E-state index contributed by atoms with van der Waals surface area (Å²) in [6.07, 6.45) is -0.306. The first-order valence-electron chi connectivity index (χ1n) is 9.32. The maximum Gasteiger partial charge on any atom is 0.410 e. The number of aryl methyl sites for hydroxylation is 2. The molecule has 0 bridgehead atoms. The van der Waals surface area contributed by atoms with Gasteiger partial charge in [0, 0.05) is 52.0 Å². The molecule has 8 nitrogen and oxygen atoms in total. The fourth-order valence-electron chi connectivity index (χ4n) is 2.68. The Morgan fingerprint density at radius 2 is 1.96 bits per heavy atom. The third-order valence-electron chi connectivity index (χ3n) is 4.22. The minimum atomic E-state index is -0.485. The second kappa shape index (κ2) is 9.62. The van der Waals surface area contributed by atoms with Crippen LogP contribution in [0.25, 0.3) is 0 Å². The molecule has 1 atom stereocenters. The summed E-state index contributed by atoms with van der Waals surface area (Å²) in [6, 6.07) is 0. The first kappa shape index (κ1) is 22.8. The smallest absolute Gasteiger partial charge is 0.410 e. The number of carbonyl (C=O) groups is 1. The van der Waals surface area contributed by atoms with E-state index in [0.717, 1.165) is 17.3 Å². The normalized spacial score (nSPS) is 13.3. The SMILES string of the molecule is CN=C(NCc1c(C)nn(C)c1C)NCC(C)CN(C)C(=O)OC(C)(C)C. The molecule has 0 saturated carbocycles. The summed E-state index contributed by atoms with van der Waals surface area (Å²) in [5, 5.41) is 11.1. The van der Waals surface area contributed by atoms with Crippen LogP contribution < -0.4 is 10.6 Å². The molecule has 1 amide bonds. The van der Waals surface area contributed by atoms with Crippen molar-refractivity contribution >= 4 is 12.1 Å². The van der Waals surface area contributed by atoms with Crippen molar-refractivity contribution < 1.29 is 9.53 Å². The standard InChI is InChI=1S/C19H36N6O2/c1-13(12-24(8)18(26)27-19(4,5)6)10-21-17(20-7)22-11-16-14(2)23-25(9)15(16)3/h13H,10-12H2,1-9H3,(H2,20,21,22). The van der Waals surface area contributed by atoms with Crippen LogP contribution in [-0.2, 0) is 18.3 Å². The van der Waals surface area contributed by atoms with Gasteiger partial charge in [0.15, 0.2) is 5.96 Å². The van der Waals surface area contributed by atoms with Gasteiger partial charge < -0.3 is 20.3 Å². The Hall–Kier alpha value is -2.25. The number of amides is 1. The van der Waals surface area contributed by atoms with Crippen LogP contribution in [0.1, 0.15) is 44.6 Å². The van der Waals surface area contributed by atoms with Crippen molar-refractivity contribution in [2.75, 3.05) is 27.2 Å². The lowest BCUT2D eigenvalue weighted by atomic mass is 10.1. The van der Waals surface area contributed by atoms with Gasteiger partial charge in [-0.25, -0.2) is 4.79 Å². The van der Waals surface area contributed by atoms with Crippen LogP contribution in [0.3, 0.4) is 0 Å². The van der Waals surface area contributed by atoms with E-state index in [1.165, 1.54) is 5.56 Å². The summed E-state index contributed by atoms with van der Waals surface area (Å²) < 4.78 is 7.27. The molecule has 154 valence electrons. The topological polar surface area (TPSA) is 83.8 Å². The summed E-state index contributed by atoms with van der Waals surface area (Å²) in [7, 11) is 5.45. The fourth-order valence-corrected chi connectivity index (χ4v) is 2.68. The first-order valence-corrected chi connectivity index (χ1v) is 9.32. The summed E-state index contributed by atoms with van der Waals surface area (Å²) in [6.45, 7) is 13.7. The molecule has 0 aromatic carbocycles. The van der Waals surface area contributed by atoms with E-state index < -0.39 is 5.60 Å². The van der Waals surface area contributed by atoms with E-state index in [-0.39, 0.29) is 12.0 Å². The van der Waals surface area contributed by atoms with Gasteiger partial charge in [0.2, 0.25) is 0 Å². The van der Waals surface area contributed by atoms with Crippen molar-refractivity contribution in [3.05, 3.63) is 17.0 Å². The minimum absolute atomic E-state index is 0.239. The lowest BCUT2D eigenvalue weighted by Gasteiger charge is -2.26. The zero-order valence-corrected chi connectivity index (χ0v) is 18.3. The van der Waals surface area contributed by atoms with Crippen molar-refractivity contribution in [3.63, 3.8) is 0 Å². The monoisotopic (exact) mass is 380 g/mol. The van der Waals surface area contributed by atoms with Crippen molar-refractivity contribution in [3.8, 4) is 0 Å². The largest absolute Gasteiger partial charge is 0.444 e. The third kappa shape index (κ3) is 7.48. The number of aliphatic imine (C=N–C) groups is 1. The molecule has 0 aliphatic rings. The predicted octanol–water partition coefficient (Wildman–Crippen LogP) is 2.20. The van der Waals surface area contributed by atoms with E-state index in [1.807, 2.05) is 39.4 Å². The van der Waals surface area contributed by atoms with Crippen molar-refractivity contribution in [1.82, 2.24) is 25.3 Å². The van der Waals surface area contributed by atoms with Gasteiger partial charge in [-0.15, -0.1) is 0 Å². The number of nitrogens with one attached hydrogen (secondary N) is 2. The van der Waals surface area contributed by atoms with E-state index in [1.54, 1.807) is 19.0 Å². The summed E-state index contributed by atoms with van der Waals surface area (Å²) in [5.41, 5.74) is 2.85. The number of rotatable bonds is 6. The molecule has 0 radical (unpaired) electrons. The maximum absolute atomic E-state index is 12.1. The Labute approximate surface area is 163 Å². The number of ether oxygens (including phenoxy) is 1. The zero-order valence-electron chi connectivity index (χ0n) is 18.3. The Morgan fingerprint density at radius 3 is 2.44 bits per heavy atom. The lowest BCUT2D eigenvalue weighted by Crippen LogP contribution is -2.42. The predicted molar refractivity (Wildman–Crippen MR) is 109 cm³/mol. The molecule has 0 fully saturated rings. The zero-order chi connectivity index (χ0) is 20.8. The van der Waals surface area contributed by atoms with Crippen molar-refractivity contribution in [1.29, 1.82) is 0 Å². The Kier molecular flexibility index (Phi) is 8.12. The average molecular weight is 381 g/mol. The van der Waals surface area contributed by atoms with E-state index >= 15 is 0 Å². The number of guanidine groups is 1. The molecular weight excluding hydrogens is 344 g/mol. The molecule has 0 aliphatic carbocycles. The van der Waals surface area contributed by atoms with Gasteiger partial charge in [0.25, 0.3) is 0 Å². The Morgan fingerprint density at radius 1 is 1.33 bits per heavy atom. The van der Waals surface area contributed by atoms with Crippen LogP contribution >= 0.6 is 0 Å². The molecule has 2 N–H and O–H groups in total. The Bertz CT molecular complexity index is 660. The number of nitrogens with zero attached hydrogens (tertiary/aromatic N) is 4. The van der Waals surface area contributed by atoms with Gasteiger partial charge in [-0.3, -0.25) is 9.67 Å². The summed E-state index contributed by atoms with van der Waals surface area (Å²) >= 11 is 0. The average Bonchev–Trinajstić information content (AvgIpc) is 2.79. The molecule has 1 rings (SSSR count). The number of aromatic nitrogens is 2. The van der Waals surface area contributed by atoms with Gasteiger partial charge in [-0.1, -0.05) is 6.92 Å². The molecule has 8 heteroatoms. The van der Waals surface area contributed by atoms with Gasteiger partial charge in [0.1, 0.15) is 5.60 Å². The van der Waals surface area contributed by atoms with Crippen LogP contribution in [0.5, 0.6) is 0 Å². The van der Waals surface area contributed by atoms with Crippen LogP contribution in [0.4, 0.5) is 4.79 Å². The minimum Gasteiger partial charge on any atom is -0.444 e. The van der Waals surface area contributed by atoms with Gasteiger partial charge in [-0.05, 0) is 40.5 Å². The molecular formula is C19H36N6O2. The molecule has 1 heterocycles. The number of carbonyl (C=O) groups excluding carboxylic acids is 1. The van der Waals surface area contributed by atoms with Gasteiger partial charge in [0.05, 0.1) is 5.69 Å². The van der Waals surface area contributed by atoms with E-state index in [4.69, 9.17) is 4.74 Å². The number of hydrogen-bond acceptors (Lipinski definition) is 4. The van der Waals surface area contributed by atoms with Gasteiger partial charge in [-0.2, -0.15) is 5.10 Å². The lowest BCUT2D eigenvalue weighted by molar-refractivity contribution is 0.0278. The second-order valence-corrected chi connectivity index (χ2v) is 8.05. The van der Waals surface area contributed by atoms with Crippen molar-refractivity contribution in [2.45, 2.75) is 53.7 Å². The summed E-state index contributed by atoms with van der Waals surface area (Å²) in [4.78, 5) is 17.9. The highest BCUT2D eigenvalue weighted by molar-refractivity contribution is 5.79. The van der Waals surface area contributed by atoms with E-state index in [0.29, 0.717) is 19.6 Å². The highest BCUT2D eigenvalue weighted by Gasteiger charge is 2.20. The highest BCUT2D eigenvalue weighted by atomic mass is 16.6. The third-order valence-corrected chi connectivity index (χ3v) is 4.22. The van der Waals surface area contributed by atoms with Gasteiger partial charge >= 0.3 is 6.09 Å². The maximum atomic E-state index is 12.1. The first-order chi connectivity index (χ1) is 12.4. The number of hydrogen-bond donors (Lipinski definition) is 2. The molecule has 1 aromatic rings. The van der Waals surface area contributed by atoms with Crippen LogP contribution in [0.15, 0.2) is 4.99 Å². The molecule has 0 aliphatic heterocycles. The second-order valence-electron chi connectivity index (χ2n) is 8.05. The van der Waals surface area contributed by atoms with Crippen molar-refractivity contribution in [2.24, 2.45) is 18.0 Å². The quantitative estimate of drug-likeness (QED) is 0.584. The molecule has 0 spiro atoms. The molecule has 1 aromatic heterocycles. The Balaban J connectivity index is 2.46. The van der Waals surface area contributed by atoms with Crippen LogP contribution in [0, 0.1) is 19.8 Å². The fraction of sp³-hybridized carbons (Fsp3) is 0.737. The molecule has 27 heavy (non-hydrogen) atoms. The summed E-state index contributed by atoms with van der Waals surface area (Å²) in [5.74, 6) is 0.965. The van der Waals surface area contributed by atoms with Crippen LogP contribution in [-0.4, -0.2) is 59.5 Å². The highest BCUT2D eigenvalue weighted by Crippen LogP contribution is 2.11. The molecule has 1 unspecified atom stereocenters. The van der Waals surface area contributed by atoms with Crippen LogP contribution in [0.2, 0.25) is 0 Å². The van der Waals surface area contributed by atoms with E-state index in [2.05, 4.69) is 34.6 Å². The molecule has 0 saturated heterocycles.